The number of nitrogens with one attached hydrogen (secondary N) is 1. The highest BCUT2D eigenvalue weighted by atomic mass is 35.5. The number of hydrogen-bond acceptors (Lipinski definition) is 4. The lowest BCUT2D eigenvalue weighted by atomic mass is 9.98. The van der Waals surface area contributed by atoms with Gasteiger partial charge in [-0.25, -0.2) is 8.42 Å². The van der Waals surface area contributed by atoms with E-state index in [0.29, 0.717) is 42.6 Å². The molecule has 1 heterocycles. The molecule has 0 saturated carbocycles. The summed E-state index contributed by atoms with van der Waals surface area (Å²) in [7, 11) is -3.43. The zero-order valence-corrected chi connectivity index (χ0v) is 17.2. The standard InChI is InChI=1S/C20H25N3O3S.ClH/c21-18-8-6-16(7-9-18)14-20(24)22-15-17-10-12-23(13-11-17)27(25,26)19-4-2-1-3-5-19;/h1-9,17H,10-15,21H2,(H,22,24);1H. The molecular weight excluding hydrogens is 398 g/mol. The van der Waals surface area contributed by atoms with Crippen molar-refractivity contribution in [2.24, 2.45) is 5.92 Å². The van der Waals surface area contributed by atoms with Crippen molar-refractivity contribution in [3.05, 3.63) is 60.2 Å². The summed E-state index contributed by atoms with van der Waals surface area (Å²) >= 11 is 0. The molecule has 1 saturated heterocycles. The van der Waals surface area contributed by atoms with E-state index in [1.165, 1.54) is 4.31 Å². The van der Waals surface area contributed by atoms with Crippen LogP contribution in [0, 0.1) is 5.92 Å². The first kappa shape index (κ1) is 22.2. The topological polar surface area (TPSA) is 92.5 Å². The lowest BCUT2D eigenvalue weighted by Gasteiger charge is -2.31. The number of piperidine rings is 1. The van der Waals surface area contributed by atoms with E-state index < -0.39 is 10.0 Å². The number of amides is 1. The van der Waals surface area contributed by atoms with Crippen LogP contribution in [0.3, 0.4) is 0 Å². The minimum atomic E-state index is -3.43. The molecular formula is C20H26ClN3O3S. The van der Waals surface area contributed by atoms with Gasteiger partial charge >= 0.3 is 0 Å². The molecule has 3 rings (SSSR count). The number of benzene rings is 2. The van der Waals surface area contributed by atoms with Gasteiger partial charge in [0.25, 0.3) is 0 Å². The van der Waals surface area contributed by atoms with Crippen LogP contribution in [0.1, 0.15) is 18.4 Å². The van der Waals surface area contributed by atoms with Gasteiger partial charge in [0.2, 0.25) is 15.9 Å². The summed E-state index contributed by atoms with van der Waals surface area (Å²) in [5.41, 5.74) is 7.24. The summed E-state index contributed by atoms with van der Waals surface area (Å²) in [5, 5.41) is 2.96. The van der Waals surface area contributed by atoms with Crippen molar-refractivity contribution in [1.82, 2.24) is 9.62 Å². The molecule has 2 aromatic carbocycles. The molecule has 1 aliphatic rings. The average Bonchev–Trinajstić information content (AvgIpc) is 2.69. The van der Waals surface area contributed by atoms with Gasteiger partial charge in [-0.3, -0.25) is 4.79 Å². The number of rotatable bonds is 6. The summed E-state index contributed by atoms with van der Waals surface area (Å²) in [6.07, 6.45) is 1.81. The first-order valence-electron chi connectivity index (χ1n) is 9.11. The lowest BCUT2D eigenvalue weighted by molar-refractivity contribution is -0.120. The van der Waals surface area contributed by atoms with Crippen molar-refractivity contribution < 1.29 is 13.2 Å². The molecule has 0 radical (unpaired) electrons. The number of nitrogen functional groups attached to an aromatic ring is 1. The average molecular weight is 424 g/mol. The Hall–Kier alpha value is -2.09. The van der Waals surface area contributed by atoms with Crippen LogP contribution in [-0.2, 0) is 21.2 Å². The highest BCUT2D eigenvalue weighted by molar-refractivity contribution is 7.89. The number of nitrogens with zero attached hydrogens (tertiary/aromatic N) is 1. The zero-order chi connectivity index (χ0) is 19.3. The van der Waals surface area contributed by atoms with Gasteiger partial charge in [0, 0.05) is 25.3 Å². The second-order valence-electron chi connectivity index (χ2n) is 6.88. The van der Waals surface area contributed by atoms with E-state index in [0.717, 1.165) is 18.4 Å². The van der Waals surface area contributed by atoms with E-state index in [9.17, 15) is 13.2 Å². The third-order valence-electron chi connectivity index (χ3n) is 4.89. The molecule has 28 heavy (non-hydrogen) atoms. The van der Waals surface area contributed by atoms with Gasteiger partial charge in [-0.1, -0.05) is 30.3 Å². The molecule has 152 valence electrons. The fourth-order valence-electron chi connectivity index (χ4n) is 3.24. The van der Waals surface area contributed by atoms with E-state index >= 15 is 0 Å². The highest BCUT2D eigenvalue weighted by Gasteiger charge is 2.29. The highest BCUT2D eigenvalue weighted by Crippen LogP contribution is 2.23. The minimum Gasteiger partial charge on any atom is -0.399 e. The van der Waals surface area contributed by atoms with Crippen molar-refractivity contribution in [1.29, 1.82) is 0 Å². The number of sulfonamides is 1. The van der Waals surface area contributed by atoms with E-state index in [-0.39, 0.29) is 18.3 Å². The molecule has 0 bridgehead atoms. The Bertz CT molecular complexity index is 865. The predicted molar refractivity (Wildman–Crippen MR) is 113 cm³/mol. The molecule has 1 aliphatic heterocycles. The Morgan fingerprint density at radius 1 is 1.04 bits per heavy atom. The summed E-state index contributed by atoms with van der Waals surface area (Å²) in [6.45, 7) is 1.54. The van der Waals surface area contributed by atoms with E-state index in [4.69, 9.17) is 5.73 Å². The second kappa shape index (κ2) is 9.91. The fourth-order valence-corrected chi connectivity index (χ4v) is 4.73. The van der Waals surface area contributed by atoms with Crippen molar-refractivity contribution in [2.75, 3.05) is 25.4 Å². The Morgan fingerprint density at radius 2 is 1.64 bits per heavy atom. The van der Waals surface area contributed by atoms with E-state index in [1.54, 1.807) is 42.5 Å². The molecule has 0 atom stereocenters. The Labute approximate surface area is 172 Å². The van der Waals surface area contributed by atoms with Gasteiger partial charge in [-0.15, -0.1) is 12.4 Å². The zero-order valence-electron chi connectivity index (χ0n) is 15.6. The predicted octanol–water partition coefficient (Wildman–Crippen LogP) is 2.45. The molecule has 1 amide bonds. The summed E-state index contributed by atoms with van der Waals surface area (Å²) in [5.74, 6) is 0.265. The maximum atomic E-state index is 12.6. The molecule has 6 nitrogen and oxygen atoms in total. The van der Waals surface area contributed by atoms with Crippen LogP contribution >= 0.6 is 12.4 Å². The fraction of sp³-hybridized carbons (Fsp3) is 0.350. The third kappa shape index (κ3) is 5.70. The van der Waals surface area contributed by atoms with Crippen LogP contribution in [0.5, 0.6) is 0 Å². The number of carbonyl (C=O) groups is 1. The normalized spacial score (nSPS) is 15.6. The number of halogens is 1. The van der Waals surface area contributed by atoms with Gasteiger partial charge in [0.05, 0.1) is 11.3 Å². The first-order chi connectivity index (χ1) is 12.9. The van der Waals surface area contributed by atoms with Crippen molar-refractivity contribution in [2.45, 2.75) is 24.2 Å². The van der Waals surface area contributed by atoms with Crippen LogP contribution < -0.4 is 11.1 Å². The molecule has 0 unspecified atom stereocenters. The van der Waals surface area contributed by atoms with Crippen LogP contribution in [-0.4, -0.2) is 38.3 Å². The number of hydrogen-bond donors (Lipinski definition) is 2. The SMILES string of the molecule is Cl.Nc1ccc(CC(=O)NCC2CCN(S(=O)(=O)c3ccccc3)CC2)cc1. The molecule has 1 fully saturated rings. The summed E-state index contributed by atoms with van der Waals surface area (Å²) in [4.78, 5) is 12.4. The molecule has 0 spiro atoms. The van der Waals surface area contributed by atoms with Crippen molar-refractivity contribution >= 4 is 34.0 Å². The second-order valence-corrected chi connectivity index (χ2v) is 8.82. The van der Waals surface area contributed by atoms with Gasteiger partial charge < -0.3 is 11.1 Å². The molecule has 8 heteroatoms. The van der Waals surface area contributed by atoms with Gasteiger partial charge in [-0.05, 0) is 48.6 Å². The molecule has 0 aromatic heterocycles. The minimum absolute atomic E-state index is 0. The van der Waals surface area contributed by atoms with Crippen LogP contribution in [0.15, 0.2) is 59.5 Å². The first-order valence-corrected chi connectivity index (χ1v) is 10.6. The van der Waals surface area contributed by atoms with Crippen molar-refractivity contribution in [3.63, 3.8) is 0 Å². The van der Waals surface area contributed by atoms with Crippen LogP contribution in [0.2, 0.25) is 0 Å². The quantitative estimate of drug-likeness (QED) is 0.698. The smallest absolute Gasteiger partial charge is 0.243 e. The maximum absolute atomic E-state index is 12.6. The summed E-state index contributed by atoms with van der Waals surface area (Å²) < 4.78 is 26.8. The number of nitrogens with two attached hydrogens (primary N) is 1. The number of anilines is 1. The van der Waals surface area contributed by atoms with Crippen LogP contribution in [0.25, 0.3) is 0 Å². The summed E-state index contributed by atoms with van der Waals surface area (Å²) in [6, 6.07) is 15.8. The van der Waals surface area contributed by atoms with E-state index in [1.807, 2.05) is 12.1 Å². The molecule has 0 aliphatic carbocycles. The van der Waals surface area contributed by atoms with Gasteiger partial charge in [0.15, 0.2) is 0 Å². The monoisotopic (exact) mass is 423 g/mol. The van der Waals surface area contributed by atoms with Crippen molar-refractivity contribution in [3.8, 4) is 0 Å². The molecule has 3 N–H and O–H groups in total. The Morgan fingerprint density at radius 3 is 2.25 bits per heavy atom. The molecule has 2 aromatic rings. The largest absolute Gasteiger partial charge is 0.399 e. The van der Waals surface area contributed by atoms with Gasteiger partial charge in [-0.2, -0.15) is 4.31 Å². The van der Waals surface area contributed by atoms with Gasteiger partial charge in [0.1, 0.15) is 0 Å². The lowest BCUT2D eigenvalue weighted by Crippen LogP contribution is -2.41. The maximum Gasteiger partial charge on any atom is 0.243 e. The Kier molecular flexibility index (Phi) is 7.86. The Balaban J connectivity index is 0.00000280. The number of carbonyl (C=O) groups excluding carboxylic acids is 1. The van der Waals surface area contributed by atoms with E-state index in [2.05, 4.69) is 5.32 Å². The third-order valence-corrected chi connectivity index (χ3v) is 6.80. The van der Waals surface area contributed by atoms with Crippen LogP contribution in [0.4, 0.5) is 5.69 Å².